The molecule has 0 spiro atoms. The van der Waals surface area contributed by atoms with Gasteiger partial charge in [0.15, 0.2) is 5.82 Å². The monoisotopic (exact) mass is 273 g/mol. The Hall–Kier alpha value is -2.37. The minimum absolute atomic E-state index is 0.125. The molecule has 0 atom stereocenters. The molecular weight excluding hydrogens is 254 g/mol. The number of carbonyl (C=O) groups is 1. The predicted molar refractivity (Wildman–Crippen MR) is 77.1 cm³/mol. The fraction of sp³-hybridized carbons (Fsp3) is 0.357. The highest BCUT2D eigenvalue weighted by Crippen LogP contribution is 2.16. The molecule has 0 saturated heterocycles. The van der Waals surface area contributed by atoms with E-state index in [9.17, 15) is 4.79 Å². The van der Waals surface area contributed by atoms with E-state index in [2.05, 4.69) is 15.2 Å². The maximum atomic E-state index is 12.5. The molecule has 0 bridgehead atoms. The Labute approximate surface area is 118 Å². The second kappa shape index (κ2) is 5.73. The lowest BCUT2D eigenvalue weighted by atomic mass is 10.2. The van der Waals surface area contributed by atoms with Crippen LogP contribution in [0.5, 0.6) is 0 Å². The van der Waals surface area contributed by atoms with E-state index in [0.717, 1.165) is 11.4 Å². The number of aryl methyl sites for hydroxylation is 2. The number of nitrogens with two attached hydrogens (primary N) is 1. The van der Waals surface area contributed by atoms with Gasteiger partial charge in [0.1, 0.15) is 5.56 Å². The molecule has 6 nitrogen and oxygen atoms in total. The molecule has 0 aromatic carbocycles. The Morgan fingerprint density at radius 1 is 1.40 bits per heavy atom. The van der Waals surface area contributed by atoms with Crippen LogP contribution in [0.4, 0.5) is 5.82 Å². The first kappa shape index (κ1) is 14.0. The molecule has 2 heterocycles. The summed E-state index contributed by atoms with van der Waals surface area (Å²) in [4.78, 5) is 18.7. The summed E-state index contributed by atoms with van der Waals surface area (Å²) >= 11 is 0. The molecule has 2 aromatic heterocycles. The number of aromatic amines is 1. The third-order valence-corrected chi connectivity index (χ3v) is 3.16. The van der Waals surface area contributed by atoms with Crippen molar-refractivity contribution in [3.8, 4) is 0 Å². The fourth-order valence-electron chi connectivity index (χ4n) is 2.09. The zero-order valence-electron chi connectivity index (χ0n) is 12.0. The number of H-pyrrole nitrogens is 1. The van der Waals surface area contributed by atoms with Crippen LogP contribution in [0.3, 0.4) is 0 Å². The highest BCUT2D eigenvalue weighted by molar-refractivity contribution is 5.99. The number of aromatic nitrogens is 3. The van der Waals surface area contributed by atoms with Crippen molar-refractivity contribution in [1.82, 2.24) is 20.1 Å². The number of nitrogens with one attached hydrogen (secondary N) is 1. The van der Waals surface area contributed by atoms with Crippen molar-refractivity contribution in [2.45, 2.75) is 27.3 Å². The van der Waals surface area contributed by atoms with Crippen molar-refractivity contribution in [2.75, 3.05) is 12.3 Å². The Morgan fingerprint density at radius 3 is 2.70 bits per heavy atom. The minimum Gasteiger partial charge on any atom is -0.382 e. The second-order valence-electron chi connectivity index (χ2n) is 4.70. The summed E-state index contributed by atoms with van der Waals surface area (Å²) in [5.41, 5.74) is 8.67. The van der Waals surface area contributed by atoms with Crippen molar-refractivity contribution in [1.29, 1.82) is 0 Å². The lowest BCUT2D eigenvalue weighted by Crippen LogP contribution is -2.31. The predicted octanol–water partition coefficient (Wildman–Crippen LogP) is 1.67. The highest BCUT2D eigenvalue weighted by atomic mass is 16.2. The molecule has 2 aromatic rings. The smallest absolute Gasteiger partial charge is 0.259 e. The van der Waals surface area contributed by atoms with Gasteiger partial charge in [-0.25, -0.2) is 0 Å². The average molecular weight is 273 g/mol. The summed E-state index contributed by atoms with van der Waals surface area (Å²) in [7, 11) is 0. The van der Waals surface area contributed by atoms with Gasteiger partial charge in [-0.2, -0.15) is 5.10 Å². The Morgan fingerprint density at radius 2 is 2.15 bits per heavy atom. The summed E-state index contributed by atoms with van der Waals surface area (Å²) in [5.74, 6) is 0.114. The summed E-state index contributed by atoms with van der Waals surface area (Å²) in [5, 5.41) is 6.60. The molecule has 106 valence electrons. The lowest BCUT2D eigenvalue weighted by molar-refractivity contribution is 0.0751. The van der Waals surface area contributed by atoms with Gasteiger partial charge in [0, 0.05) is 17.9 Å². The van der Waals surface area contributed by atoms with Crippen molar-refractivity contribution in [3.05, 3.63) is 40.8 Å². The van der Waals surface area contributed by atoms with Crippen molar-refractivity contribution < 1.29 is 4.79 Å². The van der Waals surface area contributed by atoms with Gasteiger partial charge >= 0.3 is 0 Å². The van der Waals surface area contributed by atoms with Gasteiger partial charge in [0.05, 0.1) is 12.2 Å². The largest absolute Gasteiger partial charge is 0.382 e. The van der Waals surface area contributed by atoms with Crippen molar-refractivity contribution in [2.24, 2.45) is 0 Å². The Balaban J connectivity index is 2.22. The number of hydrogen-bond donors (Lipinski definition) is 2. The van der Waals surface area contributed by atoms with E-state index in [-0.39, 0.29) is 11.7 Å². The normalized spacial score (nSPS) is 10.6. The molecule has 0 aliphatic rings. The molecule has 0 radical (unpaired) electrons. The molecule has 0 unspecified atom stereocenters. The van der Waals surface area contributed by atoms with Gasteiger partial charge < -0.3 is 10.6 Å². The third kappa shape index (κ3) is 2.79. The average Bonchev–Trinajstić information content (AvgIpc) is 2.75. The number of pyridine rings is 1. The number of rotatable bonds is 4. The van der Waals surface area contributed by atoms with Crippen LogP contribution < -0.4 is 5.73 Å². The van der Waals surface area contributed by atoms with E-state index in [1.807, 2.05) is 32.0 Å². The van der Waals surface area contributed by atoms with Crippen molar-refractivity contribution >= 4 is 11.7 Å². The summed E-state index contributed by atoms with van der Waals surface area (Å²) in [6.45, 7) is 6.69. The number of anilines is 1. The Bertz CT molecular complexity index is 600. The van der Waals surface area contributed by atoms with Crippen LogP contribution in [-0.4, -0.2) is 32.5 Å². The van der Waals surface area contributed by atoms with E-state index in [4.69, 9.17) is 5.73 Å². The molecule has 3 N–H and O–H groups in total. The van der Waals surface area contributed by atoms with Crippen LogP contribution in [0, 0.1) is 13.8 Å². The molecule has 1 amide bonds. The van der Waals surface area contributed by atoms with Crippen LogP contribution in [-0.2, 0) is 6.54 Å². The maximum absolute atomic E-state index is 12.5. The third-order valence-electron chi connectivity index (χ3n) is 3.16. The number of hydrogen-bond acceptors (Lipinski definition) is 4. The zero-order valence-corrected chi connectivity index (χ0v) is 12.0. The van der Waals surface area contributed by atoms with E-state index >= 15 is 0 Å². The van der Waals surface area contributed by atoms with Gasteiger partial charge in [-0.1, -0.05) is 6.07 Å². The van der Waals surface area contributed by atoms with Crippen LogP contribution in [0.2, 0.25) is 0 Å². The van der Waals surface area contributed by atoms with Gasteiger partial charge in [0.25, 0.3) is 5.91 Å². The standard InChI is InChI=1S/C14H19N5O/c1-4-19(8-11-7-5-6-9(2)16-11)14(20)12-10(3)17-18-13(12)15/h5-7H,4,8H2,1-3H3,(H3,15,17,18). The molecule has 2 rings (SSSR count). The molecule has 20 heavy (non-hydrogen) atoms. The Kier molecular flexibility index (Phi) is 4.02. The summed E-state index contributed by atoms with van der Waals surface area (Å²) < 4.78 is 0. The van der Waals surface area contributed by atoms with Crippen LogP contribution in [0.25, 0.3) is 0 Å². The van der Waals surface area contributed by atoms with Crippen LogP contribution in [0.1, 0.15) is 34.4 Å². The summed E-state index contributed by atoms with van der Waals surface area (Å²) in [6, 6.07) is 5.78. The van der Waals surface area contributed by atoms with E-state index in [1.165, 1.54) is 0 Å². The van der Waals surface area contributed by atoms with Gasteiger partial charge in [-0.15, -0.1) is 0 Å². The first-order chi connectivity index (χ1) is 9.52. The first-order valence-corrected chi connectivity index (χ1v) is 6.55. The topological polar surface area (TPSA) is 87.9 Å². The maximum Gasteiger partial charge on any atom is 0.259 e. The zero-order chi connectivity index (χ0) is 14.7. The fourth-order valence-corrected chi connectivity index (χ4v) is 2.09. The molecule has 0 fully saturated rings. The van der Waals surface area contributed by atoms with Gasteiger partial charge in [0.2, 0.25) is 0 Å². The van der Waals surface area contributed by atoms with E-state index < -0.39 is 0 Å². The van der Waals surface area contributed by atoms with Crippen LogP contribution >= 0.6 is 0 Å². The second-order valence-corrected chi connectivity index (χ2v) is 4.70. The van der Waals surface area contributed by atoms with Crippen molar-refractivity contribution in [3.63, 3.8) is 0 Å². The quantitative estimate of drug-likeness (QED) is 0.887. The lowest BCUT2D eigenvalue weighted by Gasteiger charge is -2.20. The molecule has 0 aliphatic carbocycles. The number of carbonyl (C=O) groups excluding carboxylic acids is 1. The molecule has 6 heteroatoms. The van der Waals surface area contributed by atoms with E-state index in [0.29, 0.717) is 24.3 Å². The molecule has 0 saturated carbocycles. The summed E-state index contributed by atoms with van der Waals surface area (Å²) in [6.07, 6.45) is 0. The number of amides is 1. The number of nitrogen functional groups attached to an aromatic ring is 1. The molecular formula is C14H19N5O. The highest BCUT2D eigenvalue weighted by Gasteiger charge is 2.21. The number of nitrogens with zero attached hydrogens (tertiary/aromatic N) is 3. The van der Waals surface area contributed by atoms with Gasteiger partial charge in [-0.05, 0) is 32.9 Å². The molecule has 0 aliphatic heterocycles. The SMILES string of the molecule is CCN(Cc1cccc(C)n1)C(=O)c1c(N)n[nH]c1C. The van der Waals surface area contributed by atoms with Gasteiger partial charge in [-0.3, -0.25) is 14.9 Å². The van der Waals surface area contributed by atoms with E-state index in [1.54, 1.807) is 11.8 Å². The minimum atomic E-state index is -0.125. The van der Waals surface area contributed by atoms with Crippen LogP contribution in [0.15, 0.2) is 18.2 Å². The first-order valence-electron chi connectivity index (χ1n) is 6.55.